The molecule has 0 saturated heterocycles. The molecule has 0 saturated carbocycles. The SMILES string of the molecule is CCN(CC[N+](C)(C)C)c1ccc(N=Nc2ncns2)cc1.[Br-]. The molecule has 0 fully saturated rings. The number of anilines is 1. The smallest absolute Gasteiger partial charge is 0.249 e. The predicted octanol–water partition coefficient (Wildman–Crippen LogP) is 0.490. The van der Waals surface area contributed by atoms with E-state index in [4.69, 9.17) is 0 Å². The molecule has 0 spiro atoms. The first-order valence-corrected chi connectivity index (χ1v) is 8.09. The molecule has 0 aliphatic carbocycles. The highest BCUT2D eigenvalue weighted by atomic mass is 79.9. The summed E-state index contributed by atoms with van der Waals surface area (Å²) in [6.45, 7) is 5.31. The number of rotatable bonds is 7. The summed E-state index contributed by atoms with van der Waals surface area (Å²) >= 11 is 1.23. The number of halogens is 1. The van der Waals surface area contributed by atoms with Crippen molar-refractivity contribution in [3.63, 3.8) is 0 Å². The van der Waals surface area contributed by atoms with Crippen LogP contribution in [0.5, 0.6) is 0 Å². The highest BCUT2D eigenvalue weighted by Crippen LogP contribution is 2.22. The lowest BCUT2D eigenvalue weighted by Gasteiger charge is -2.29. The molecule has 2 aromatic rings. The molecule has 1 aromatic carbocycles. The summed E-state index contributed by atoms with van der Waals surface area (Å²) in [7, 11) is 6.64. The molecule has 0 bridgehead atoms. The fourth-order valence-corrected chi connectivity index (χ4v) is 2.29. The van der Waals surface area contributed by atoms with Gasteiger partial charge in [0.1, 0.15) is 6.33 Å². The molecule has 8 heteroatoms. The molecule has 0 amide bonds. The van der Waals surface area contributed by atoms with Crippen molar-refractivity contribution in [2.75, 3.05) is 45.7 Å². The number of likely N-dealkylation sites (N-methyl/N-ethyl adjacent to an activating group) is 2. The van der Waals surface area contributed by atoms with Gasteiger partial charge in [-0.05, 0) is 31.2 Å². The van der Waals surface area contributed by atoms with Gasteiger partial charge in [0, 0.05) is 23.8 Å². The number of hydrogen-bond acceptors (Lipinski definition) is 6. The fourth-order valence-electron chi connectivity index (χ4n) is 1.93. The summed E-state index contributed by atoms with van der Waals surface area (Å²) in [6.07, 6.45) is 1.48. The second-order valence-electron chi connectivity index (χ2n) is 6.03. The van der Waals surface area contributed by atoms with Gasteiger partial charge < -0.3 is 26.4 Å². The van der Waals surface area contributed by atoms with Crippen LogP contribution in [-0.2, 0) is 0 Å². The number of aromatic nitrogens is 2. The monoisotopic (exact) mass is 398 g/mol. The zero-order chi connectivity index (χ0) is 16.0. The van der Waals surface area contributed by atoms with Crippen LogP contribution in [0.3, 0.4) is 0 Å². The Labute approximate surface area is 152 Å². The lowest BCUT2D eigenvalue weighted by molar-refractivity contribution is -0.868. The molecular weight excluding hydrogens is 376 g/mol. The number of azo groups is 1. The summed E-state index contributed by atoms with van der Waals surface area (Å²) in [5.41, 5.74) is 2.03. The van der Waals surface area contributed by atoms with Gasteiger partial charge >= 0.3 is 0 Å². The Balaban J connectivity index is 0.00000264. The average molecular weight is 399 g/mol. The van der Waals surface area contributed by atoms with E-state index in [-0.39, 0.29) is 17.0 Å². The third-order valence-electron chi connectivity index (χ3n) is 3.24. The van der Waals surface area contributed by atoms with E-state index >= 15 is 0 Å². The lowest BCUT2D eigenvalue weighted by Crippen LogP contribution is -3.00. The van der Waals surface area contributed by atoms with E-state index in [0.717, 1.165) is 29.8 Å². The Morgan fingerprint density at radius 2 is 1.83 bits per heavy atom. The first-order chi connectivity index (χ1) is 10.5. The third kappa shape index (κ3) is 6.72. The van der Waals surface area contributed by atoms with Crippen molar-refractivity contribution in [2.45, 2.75) is 6.92 Å². The van der Waals surface area contributed by atoms with Gasteiger partial charge in [0.05, 0.1) is 39.9 Å². The molecule has 23 heavy (non-hydrogen) atoms. The minimum absolute atomic E-state index is 0. The molecule has 1 aromatic heterocycles. The Kier molecular flexibility index (Phi) is 7.74. The maximum atomic E-state index is 4.17. The van der Waals surface area contributed by atoms with Crippen LogP contribution < -0.4 is 21.9 Å². The maximum absolute atomic E-state index is 4.17. The zero-order valence-corrected chi connectivity index (χ0v) is 16.4. The number of quaternary nitrogens is 1. The summed E-state index contributed by atoms with van der Waals surface area (Å²) in [4.78, 5) is 6.34. The lowest BCUT2D eigenvalue weighted by atomic mass is 10.2. The number of hydrogen-bond donors (Lipinski definition) is 0. The van der Waals surface area contributed by atoms with Gasteiger partial charge in [-0.25, -0.2) is 4.98 Å². The molecule has 1 heterocycles. The minimum atomic E-state index is 0. The molecule has 0 aliphatic rings. The van der Waals surface area contributed by atoms with E-state index in [0.29, 0.717) is 5.13 Å². The Morgan fingerprint density at radius 3 is 2.35 bits per heavy atom. The van der Waals surface area contributed by atoms with E-state index in [2.05, 4.69) is 64.7 Å². The normalized spacial score (nSPS) is 11.5. The minimum Gasteiger partial charge on any atom is -1.00 e. The van der Waals surface area contributed by atoms with Gasteiger partial charge in [-0.2, -0.15) is 4.37 Å². The second-order valence-corrected chi connectivity index (χ2v) is 6.79. The van der Waals surface area contributed by atoms with E-state index in [9.17, 15) is 0 Å². The first-order valence-electron chi connectivity index (χ1n) is 7.32. The highest BCUT2D eigenvalue weighted by molar-refractivity contribution is 7.09. The van der Waals surface area contributed by atoms with Gasteiger partial charge in [0.2, 0.25) is 5.13 Å². The molecule has 0 unspecified atom stereocenters. The molecule has 0 atom stereocenters. The topological polar surface area (TPSA) is 53.7 Å². The molecule has 0 N–H and O–H groups in total. The maximum Gasteiger partial charge on any atom is 0.249 e. The van der Waals surface area contributed by atoms with Crippen molar-refractivity contribution in [1.82, 2.24) is 9.36 Å². The molecule has 0 radical (unpaired) electrons. The molecule has 0 aliphatic heterocycles. The summed E-state index contributed by atoms with van der Waals surface area (Å²) in [5, 5.41) is 8.80. The highest BCUT2D eigenvalue weighted by Gasteiger charge is 2.11. The van der Waals surface area contributed by atoms with E-state index in [1.165, 1.54) is 23.5 Å². The van der Waals surface area contributed by atoms with Gasteiger partial charge in [0.25, 0.3) is 0 Å². The zero-order valence-electron chi connectivity index (χ0n) is 14.0. The number of benzene rings is 1. The fraction of sp³-hybridized carbons (Fsp3) is 0.467. The summed E-state index contributed by atoms with van der Waals surface area (Å²) < 4.78 is 4.85. The van der Waals surface area contributed by atoms with E-state index < -0.39 is 0 Å². The summed E-state index contributed by atoms with van der Waals surface area (Å²) in [5.74, 6) is 0. The largest absolute Gasteiger partial charge is 1.00 e. The van der Waals surface area contributed by atoms with E-state index in [1.807, 2.05) is 12.1 Å². The van der Waals surface area contributed by atoms with Crippen LogP contribution in [0, 0.1) is 0 Å². The van der Waals surface area contributed by atoms with Gasteiger partial charge in [-0.3, -0.25) is 0 Å². The Morgan fingerprint density at radius 1 is 1.13 bits per heavy atom. The number of nitrogens with zero attached hydrogens (tertiary/aromatic N) is 6. The van der Waals surface area contributed by atoms with Crippen LogP contribution >= 0.6 is 11.5 Å². The Bertz CT molecular complexity index is 591. The standard InChI is InChI=1S/C15H23N6S.BrH/c1-5-20(10-11-21(2,3)4)14-8-6-13(7-9-14)18-19-15-16-12-17-22-15;/h6-9,12H,5,10-11H2,1-4H3;1H/q+1;/p-1. The molecule has 126 valence electrons. The van der Waals surface area contributed by atoms with Crippen LogP contribution in [-0.4, -0.2) is 54.6 Å². The van der Waals surface area contributed by atoms with Gasteiger partial charge in [0.15, 0.2) is 0 Å². The first kappa shape index (κ1) is 19.7. The Hall–Kier alpha value is -1.38. The molecule has 6 nitrogen and oxygen atoms in total. The van der Waals surface area contributed by atoms with Crippen molar-refractivity contribution in [3.8, 4) is 0 Å². The van der Waals surface area contributed by atoms with Crippen LogP contribution in [0.15, 0.2) is 40.8 Å². The quantitative estimate of drug-likeness (QED) is 0.503. The predicted molar refractivity (Wildman–Crippen MR) is 91.3 cm³/mol. The van der Waals surface area contributed by atoms with Crippen molar-refractivity contribution >= 4 is 28.0 Å². The molecule has 2 rings (SSSR count). The van der Waals surface area contributed by atoms with Crippen molar-refractivity contribution in [3.05, 3.63) is 30.6 Å². The van der Waals surface area contributed by atoms with E-state index in [1.54, 1.807) is 0 Å². The summed E-state index contributed by atoms with van der Waals surface area (Å²) in [6, 6.07) is 8.14. The van der Waals surface area contributed by atoms with Crippen molar-refractivity contribution < 1.29 is 21.5 Å². The van der Waals surface area contributed by atoms with Gasteiger partial charge in [-0.15, -0.1) is 10.2 Å². The second kappa shape index (κ2) is 9.05. The molecular formula is C15H23BrN6S. The third-order valence-corrected chi connectivity index (χ3v) is 3.79. The van der Waals surface area contributed by atoms with Crippen LogP contribution in [0.4, 0.5) is 16.5 Å². The van der Waals surface area contributed by atoms with Crippen molar-refractivity contribution in [2.24, 2.45) is 10.2 Å². The van der Waals surface area contributed by atoms with Gasteiger partial charge in [-0.1, -0.05) is 0 Å². The van der Waals surface area contributed by atoms with Crippen LogP contribution in [0.2, 0.25) is 0 Å². The van der Waals surface area contributed by atoms with Crippen LogP contribution in [0.1, 0.15) is 6.92 Å². The average Bonchev–Trinajstić information content (AvgIpc) is 2.99. The van der Waals surface area contributed by atoms with Crippen molar-refractivity contribution in [1.29, 1.82) is 0 Å². The van der Waals surface area contributed by atoms with Crippen LogP contribution in [0.25, 0.3) is 0 Å².